The van der Waals surface area contributed by atoms with Gasteiger partial charge in [-0.2, -0.15) is 0 Å². The number of carbonyl (C=O) groups excluding carboxylic acids is 1. The zero-order chi connectivity index (χ0) is 12.7. The normalized spacial score (nSPS) is 12.9. The molecule has 1 amide bonds. The molecule has 1 aliphatic heterocycles. The predicted molar refractivity (Wildman–Crippen MR) is 76.8 cm³/mol. The minimum absolute atomic E-state index is 0.153. The van der Waals surface area contributed by atoms with Gasteiger partial charge in [-0.1, -0.05) is 27.5 Å². The van der Waals surface area contributed by atoms with Gasteiger partial charge in [0.25, 0.3) is 5.91 Å². The summed E-state index contributed by atoms with van der Waals surface area (Å²) in [7, 11) is 0. The Kier molecular flexibility index (Phi) is 2.76. The molecule has 0 radical (unpaired) electrons. The van der Waals surface area contributed by atoms with Crippen LogP contribution >= 0.6 is 27.5 Å². The van der Waals surface area contributed by atoms with Crippen LogP contribution in [0.25, 0.3) is 0 Å². The molecule has 2 aromatic carbocycles. The Balaban J connectivity index is 2.16. The molecule has 0 aromatic heterocycles. The van der Waals surface area contributed by atoms with Crippen LogP contribution in [0, 0.1) is 0 Å². The van der Waals surface area contributed by atoms with E-state index in [1.165, 1.54) is 0 Å². The van der Waals surface area contributed by atoms with Gasteiger partial charge in [-0.3, -0.25) is 4.79 Å². The topological polar surface area (TPSA) is 41.1 Å². The number of amides is 1. The van der Waals surface area contributed by atoms with Crippen molar-refractivity contribution < 1.29 is 4.79 Å². The SMILES string of the molecule is O=C1Nc2cc(Cl)ccc2Nc2ccc(Br)cc21. The maximum absolute atomic E-state index is 12.1. The van der Waals surface area contributed by atoms with Crippen molar-refractivity contribution in [2.24, 2.45) is 0 Å². The van der Waals surface area contributed by atoms with Gasteiger partial charge in [0, 0.05) is 9.50 Å². The number of carbonyl (C=O) groups is 1. The molecule has 1 heterocycles. The maximum Gasteiger partial charge on any atom is 0.257 e. The van der Waals surface area contributed by atoms with Crippen LogP contribution in [0.5, 0.6) is 0 Å². The third kappa shape index (κ3) is 1.98. The molecule has 18 heavy (non-hydrogen) atoms. The van der Waals surface area contributed by atoms with Gasteiger partial charge >= 0.3 is 0 Å². The van der Waals surface area contributed by atoms with Crippen LogP contribution < -0.4 is 10.6 Å². The van der Waals surface area contributed by atoms with E-state index in [0.717, 1.165) is 15.8 Å². The zero-order valence-electron chi connectivity index (χ0n) is 9.13. The number of hydrogen-bond acceptors (Lipinski definition) is 2. The Morgan fingerprint density at radius 1 is 0.944 bits per heavy atom. The largest absolute Gasteiger partial charge is 0.353 e. The zero-order valence-corrected chi connectivity index (χ0v) is 11.5. The Hall–Kier alpha value is -1.52. The van der Waals surface area contributed by atoms with Crippen LogP contribution in [0.2, 0.25) is 5.02 Å². The lowest BCUT2D eigenvalue weighted by molar-refractivity contribution is 0.102. The lowest BCUT2D eigenvalue weighted by atomic mass is 10.1. The molecule has 0 spiro atoms. The highest BCUT2D eigenvalue weighted by atomic mass is 79.9. The van der Waals surface area contributed by atoms with Crippen molar-refractivity contribution in [3.8, 4) is 0 Å². The minimum Gasteiger partial charge on any atom is -0.353 e. The number of halogens is 2. The van der Waals surface area contributed by atoms with Crippen LogP contribution in [-0.2, 0) is 0 Å². The molecule has 2 aromatic rings. The predicted octanol–water partition coefficient (Wildman–Crippen LogP) is 4.41. The van der Waals surface area contributed by atoms with Crippen molar-refractivity contribution >= 4 is 50.5 Å². The minimum atomic E-state index is -0.153. The summed E-state index contributed by atoms with van der Waals surface area (Å²) >= 11 is 9.29. The number of rotatable bonds is 0. The molecule has 0 fully saturated rings. The average molecular weight is 324 g/mol. The molecular weight excluding hydrogens is 316 g/mol. The fourth-order valence-electron chi connectivity index (χ4n) is 1.88. The summed E-state index contributed by atoms with van der Waals surface area (Å²) in [6, 6.07) is 10.9. The van der Waals surface area contributed by atoms with Gasteiger partial charge in [0.1, 0.15) is 0 Å². The highest BCUT2D eigenvalue weighted by Crippen LogP contribution is 2.34. The fraction of sp³-hybridized carbons (Fsp3) is 0. The second-order valence-corrected chi connectivity index (χ2v) is 5.31. The molecule has 0 saturated carbocycles. The van der Waals surface area contributed by atoms with Crippen LogP contribution in [0.4, 0.5) is 17.1 Å². The van der Waals surface area contributed by atoms with E-state index in [1.807, 2.05) is 18.2 Å². The molecule has 2 N–H and O–H groups in total. The van der Waals surface area contributed by atoms with Crippen LogP contribution in [0.15, 0.2) is 40.9 Å². The van der Waals surface area contributed by atoms with Crippen molar-refractivity contribution in [1.82, 2.24) is 0 Å². The Morgan fingerprint density at radius 3 is 2.56 bits per heavy atom. The van der Waals surface area contributed by atoms with Crippen molar-refractivity contribution in [2.75, 3.05) is 10.6 Å². The number of benzene rings is 2. The first-order valence-corrected chi connectivity index (χ1v) is 6.48. The monoisotopic (exact) mass is 322 g/mol. The molecule has 0 aliphatic carbocycles. The van der Waals surface area contributed by atoms with Gasteiger partial charge in [0.15, 0.2) is 0 Å². The standard InChI is InChI=1S/C13H8BrClN2O/c14-7-1-3-10-9(5-7)13(18)17-12-6-8(15)2-4-11(12)16-10/h1-6,16H,(H,17,18). The molecule has 0 saturated heterocycles. The molecule has 5 heteroatoms. The summed E-state index contributed by atoms with van der Waals surface area (Å²) in [6.07, 6.45) is 0. The van der Waals surface area contributed by atoms with Crippen molar-refractivity contribution in [2.45, 2.75) is 0 Å². The summed E-state index contributed by atoms with van der Waals surface area (Å²) in [5, 5.41) is 6.65. The number of nitrogens with one attached hydrogen (secondary N) is 2. The summed E-state index contributed by atoms with van der Waals surface area (Å²) in [5.41, 5.74) is 2.88. The van der Waals surface area contributed by atoms with Gasteiger partial charge in [-0.25, -0.2) is 0 Å². The Morgan fingerprint density at radius 2 is 1.72 bits per heavy atom. The van der Waals surface area contributed by atoms with E-state index in [9.17, 15) is 4.79 Å². The Bertz CT molecular complexity index is 657. The Labute approximate surface area is 117 Å². The van der Waals surface area contributed by atoms with E-state index < -0.39 is 0 Å². The first-order chi connectivity index (χ1) is 8.63. The summed E-state index contributed by atoms with van der Waals surface area (Å²) in [5.74, 6) is -0.153. The maximum atomic E-state index is 12.1. The van der Waals surface area contributed by atoms with E-state index >= 15 is 0 Å². The van der Waals surface area contributed by atoms with Crippen molar-refractivity contribution in [3.05, 3.63) is 51.5 Å². The van der Waals surface area contributed by atoms with Gasteiger partial charge in [0.05, 0.1) is 22.6 Å². The van der Waals surface area contributed by atoms with E-state index in [0.29, 0.717) is 16.3 Å². The van der Waals surface area contributed by atoms with E-state index in [4.69, 9.17) is 11.6 Å². The molecule has 90 valence electrons. The first-order valence-electron chi connectivity index (χ1n) is 5.31. The van der Waals surface area contributed by atoms with Crippen LogP contribution in [-0.4, -0.2) is 5.91 Å². The molecule has 0 bridgehead atoms. The lowest BCUT2D eigenvalue weighted by Crippen LogP contribution is -2.10. The quantitative estimate of drug-likeness (QED) is 0.754. The molecule has 3 rings (SSSR count). The number of fused-ring (bicyclic) bond motifs is 2. The smallest absolute Gasteiger partial charge is 0.257 e. The third-order valence-electron chi connectivity index (χ3n) is 2.73. The fourth-order valence-corrected chi connectivity index (χ4v) is 2.41. The average Bonchev–Trinajstić information content (AvgIpc) is 2.46. The summed E-state index contributed by atoms with van der Waals surface area (Å²) in [4.78, 5) is 12.1. The van der Waals surface area contributed by atoms with E-state index in [-0.39, 0.29) is 5.91 Å². The van der Waals surface area contributed by atoms with E-state index in [2.05, 4.69) is 26.6 Å². The summed E-state index contributed by atoms with van der Waals surface area (Å²) < 4.78 is 0.863. The number of anilines is 3. The van der Waals surface area contributed by atoms with Gasteiger partial charge in [-0.05, 0) is 36.4 Å². The van der Waals surface area contributed by atoms with Crippen LogP contribution in [0.3, 0.4) is 0 Å². The first kappa shape index (κ1) is 11.6. The van der Waals surface area contributed by atoms with Crippen molar-refractivity contribution in [3.63, 3.8) is 0 Å². The third-order valence-corrected chi connectivity index (χ3v) is 3.45. The molecular formula is C13H8BrClN2O. The highest BCUT2D eigenvalue weighted by molar-refractivity contribution is 9.10. The van der Waals surface area contributed by atoms with Gasteiger partial charge in [-0.15, -0.1) is 0 Å². The summed E-state index contributed by atoms with van der Waals surface area (Å²) in [6.45, 7) is 0. The number of hydrogen-bond donors (Lipinski definition) is 2. The van der Waals surface area contributed by atoms with Gasteiger partial charge < -0.3 is 10.6 Å². The van der Waals surface area contributed by atoms with Gasteiger partial charge in [0.2, 0.25) is 0 Å². The molecule has 0 atom stereocenters. The van der Waals surface area contributed by atoms with Crippen molar-refractivity contribution in [1.29, 1.82) is 0 Å². The second-order valence-electron chi connectivity index (χ2n) is 3.96. The molecule has 1 aliphatic rings. The molecule has 3 nitrogen and oxygen atoms in total. The van der Waals surface area contributed by atoms with Crippen LogP contribution in [0.1, 0.15) is 10.4 Å². The van der Waals surface area contributed by atoms with E-state index in [1.54, 1.807) is 18.2 Å². The second kappa shape index (κ2) is 4.30. The highest BCUT2D eigenvalue weighted by Gasteiger charge is 2.19. The molecule has 0 unspecified atom stereocenters. The lowest BCUT2D eigenvalue weighted by Gasteiger charge is -2.08.